The van der Waals surface area contributed by atoms with Crippen molar-refractivity contribution in [2.24, 2.45) is 0 Å². The summed E-state index contributed by atoms with van der Waals surface area (Å²) in [6.45, 7) is 2.28. The highest BCUT2D eigenvalue weighted by molar-refractivity contribution is 6.18. The summed E-state index contributed by atoms with van der Waals surface area (Å²) in [6.07, 6.45) is -0.169. The van der Waals surface area contributed by atoms with Crippen LogP contribution >= 0.6 is 11.6 Å². The van der Waals surface area contributed by atoms with Crippen molar-refractivity contribution in [1.29, 1.82) is 0 Å². The smallest absolute Gasteiger partial charge is 0.315 e. The van der Waals surface area contributed by atoms with Gasteiger partial charge in [-0.15, -0.1) is 11.6 Å². The second kappa shape index (κ2) is 7.63. The van der Waals surface area contributed by atoms with E-state index in [1.807, 2.05) is 31.2 Å². The molecule has 104 valence electrons. The number of halogens is 1. The Labute approximate surface area is 117 Å². The number of benzene rings is 1. The fourth-order valence-electron chi connectivity index (χ4n) is 1.60. The SMILES string of the molecule is Cc1ccc(C(CC(=O)O)NC(=O)NCCCl)cc1. The summed E-state index contributed by atoms with van der Waals surface area (Å²) in [6, 6.07) is 6.39. The summed E-state index contributed by atoms with van der Waals surface area (Å²) in [4.78, 5) is 22.4. The van der Waals surface area contributed by atoms with Crippen molar-refractivity contribution in [3.8, 4) is 0 Å². The molecule has 6 heteroatoms. The van der Waals surface area contributed by atoms with E-state index in [-0.39, 0.29) is 6.42 Å². The van der Waals surface area contributed by atoms with Crippen molar-refractivity contribution in [2.75, 3.05) is 12.4 Å². The maximum Gasteiger partial charge on any atom is 0.315 e. The molecule has 0 bridgehead atoms. The fourth-order valence-corrected chi connectivity index (χ4v) is 1.69. The molecule has 0 aliphatic rings. The topological polar surface area (TPSA) is 78.4 Å². The van der Waals surface area contributed by atoms with Crippen LogP contribution in [0.5, 0.6) is 0 Å². The highest BCUT2D eigenvalue weighted by Gasteiger charge is 2.17. The molecule has 0 heterocycles. The number of carboxylic acids is 1. The number of rotatable bonds is 6. The van der Waals surface area contributed by atoms with Crippen LogP contribution in [0.2, 0.25) is 0 Å². The van der Waals surface area contributed by atoms with Crippen LogP contribution in [0, 0.1) is 6.92 Å². The number of hydrogen-bond donors (Lipinski definition) is 3. The molecule has 1 atom stereocenters. The average Bonchev–Trinajstić information content (AvgIpc) is 2.36. The number of amides is 2. The van der Waals surface area contributed by atoms with Gasteiger partial charge in [0.1, 0.15) is 0 Å². The minimum absolute atomic E-state index is 0.169. The van der Waals surface area contributed by atoms with E-state index in [1.54, 1.807) is 0 Å². The van der Waals surface area contributed by atoms with Crippen molar-refractivity contribution in [2.45, 2.75) is 19.4 Å². The Morgan fingerprint density at radius 3 is 2.47 bits per heavy atom. The third-order valence-electron chi connectivity index (χ3n) is 2.54. The molecule has 19 heavy (non-hydrogen) atoms. The Hall–Kier alpha value is -1.75. The molecule has 0 aromatic heterocycles. The molecule has 1 unspecified atom stereocenters. The molecule has 0 saturated heterocycles. The van der Waals surface area contributed by atoms with E-state index in [0.29, 0.717) is 12.4 Å². The standard InChI is InChI=1S/C13H17ClN2O3/c1-9-2-4-10(5-3-9)11(8-12(17)18)16-13(19)15-7-6-14/h2-5,11H,6-8H2,1H3,(H,17,18)(H2,15,16,19). The van der Waals surface area contributed by atoms with E-state index in [4.69, 9.17) is 16.7 Å². The Kier molecular flexibility index (Phi) is 6.15. The summed E-state index contributed by atoms with van der Waals surface area (Å²) < 4.78 is 0. The third kappa shape index (κ3) is 5.61. The number of aliphatic carboxylic acids is 1. The largest absolute Gasteiger partial charge is 0.481 e. The van der Waals surface area contributed by atoms with Crippen molar-refractivity contribution < 1.29 is 14.7 Å². The Morgan fingerprint density at radius 2 is 1.95 bits per heavy atom. The normalized spacial score (nSPS) is 11.7. The first-order valence-corrected chi connectivity index (χ1v) is 6.45. The highest BCUT2D eigenvalue weighted by Crippen LogP contribution is 2.17. The zero-order valence-electron chi connectivity index (χ0n) is 10.6. The van der Waals surface area contributed by atoms with Crippen LogP contribution in [0.1, 0.15) is 23.6 Å². The number of alkyl halides is 1. The van der Waals surface area contributed by atoms with Gasteiger partial charge in [0, 0.05) is 12.4 Å². The molecule has 0 aliphatic carbocycles. The molecular formula is C13H17ClN2O3. The number of hydrogen-bond acceptors (Lipinski definition) is 2. The number of carbonyl (C=O) groups excluding carboxylic acids is 1. The maximum absolute atomic E-state index is 11.6. The third-order valence-corrected chi connectivity index (χ3v) is 2.73. The summed E-state index contributed by atoms with van der Waals surface area (Å²) in [7, 11) is 0. The first-order valence-electron chi connectivity index (χ1n) is 5.91. The molecule has 1 rings (SSSR count). The highest BCUT2D eigenvalue weighted by atomic mass is 35.5. The van der Waals surface area contributed by atoms with Crippen LogP contribution < -0.4 is 10.6 Å². The molecule has 0 spiro atoms. The van der Waals surface area contributed by atoms with E-state index in [2.05, 4.69) is 10.6 Å². The van der Waals surface area contributed by atoms with E-state index in [9.17, 15) is 9.59 Å². The fraction of sp³-hybridized carbons (Fsp3) is 0.385. The number of aryl methyl sites for hydroxylation is 1. The predicted molar refractivity (Wildman–Crippen MR) is 73.4 cm³/mol. The van der Waals surface area contributed by atoms with E-state index < -0.39 is 18.0 Å². The zero-order chi connectivity index (χ0) is 14.3. The summed E-state index contributed by atoms with van der Waals surface area (Å²) in [5.41, 5.74) is 1.83. The number of carbonyl (C=O) groups is 2. The molecule has 1 aromatic carbocycles. The molecule has 2 amide bonds. The molecular weight excluding hydrogens is 268 g/mol. The van der Waals surface area contributed by atoms with Crippen LogP contribution in [-0.2, 0) is 4.79 Å². The second-order valence-electron chi connectivity index (χ2n) is 4.15. The number of nitrogens with one attached hydrogen (secondary N) is 2. The Morgan fingerprint density at radius 1 is 1.32 bits per heavy atom. The van der Waals surface area contributed by atoms with Gasteiger partial charge in [0.2, 0.25) is 0 Å². The monoisotopic (exact) mass is 284 g/mol. The van der Waals surface area contributed by atoms with Crippen LogP contribution in [0.15, 0.2) is 24.3 Å². The van der Waals surface area contributed by atoms with Crippen molar-refractivity contribution >= 4 is 23.6 Å². The Bertz CT molecular complexity index is 434. The lowest BCUT2D eigenvalue weighted by Gasteiger charge is -2.18. The van der Waals surface area contributed by atoms with Crippen molar-refractivity contribution in [3.05, 3.63) is 35.4 Å². The van der Waals surface area contributed by atoms with Gasteiger partial charge in [-0.25, -0.2) is 4.79 Å². The number of carboxylic acid groups (broad SMARTS) is 1. The van der Waals surface area contributed by atoms with Gasteiger partial charge in [0.05, 0.1) is 12.5 Å². The molecule has 0 aliphatic heterocycles. The Balaban J connectivity index is 2.74. The van der Waals surface area contributed by atoms with Gasteiger partial charge in [-0.2, -0.15) is 0 Å². The van der Waals surface area contributed by atoms with Crippen molar-refractivity contribution in [1.82, 2.24) is 10.6 Å². The van der Waals surface area contributed by atoms with Gasteiger partial charge in [-0.1, -0.05) is 29.8 Å². The first-order chi connectivity index (χ1) is 9.02. The quantitative estimate of drug-likeness (QED) is 0.700. The van der Waals surface area contributed by atoms with E-state index in [0.717, 1.165) is 11.1 Å². The van der Waals surface area contributed by atoms with Crippen LogP contribution in [0.4, 0.5) is 4.79 Å². The molecule has 0 fully saturated rings. The molecule has 0 saturated carbocycles. The molecule has 5 nitrogen and oxygen atoms in total. The second-order valence-corrected chi connectivity index (χ2v) is 4.53. The van der Waals surface area contributed by atoms with Gasteiger partial charge in [0.25, 0.3) is 0 Å². The predicted octanol–water partition coefficient (Wildman–Crippen LogP) is 2.05. The van der Waals surface area contributed by atoms with Gasteiger partial charge in [-0.05, 0) is 12.5 Å². The maximum atomic E-state index is 11.6. The van der Waals surface area contributed by atoms with Gasteiger partial charge in [0.15, 0.2) is 0 Å². The van der Waals surface area contributed by atoms with Crippen LogP contribution in [-0.4, -0.2) is 29.5 Å². The molecule has 0 radical (unpaired) electrons. The van der Waals surface area contributed by atoms with Crippen LogP contribution in [0.25, 0.3) is 0 Å². The van der Waals surface area contributed by atoms with Gasteiger partial charge < -0.3 is 15.7 Å². The lowest BCUT2D eigenvalue weighted by molar-refractivity contribution is -0.137. The van der Waals surface area contributed by atoms with Crippen LogP contribution in [0.3, 0.4) is 0 Å². The van der Waals surface area contributed by atoms with Gasteiger partial charge >= 0.3 is 12.0 Å². The van der Waals surface area contributed by atoms with E-state index in [1.165, 1.54) is 0 Å². The average molecular weight is 285 g/mol. The molecule has 3 N–H and O–H groups in total. The summed E-state index contributed by atoms with van der Waals surface area (Å²) >= 11 is 5.46. The minimum atomic E-state index is -0.969. The van der Waals surface area contributed by atoms with Crippen molar-refractivity contribution in [3.63, 3.8) is 0 Å². The first kappa shape index (κ1) is 15.3. The lowest BCUT2D eigenvalue weighted by atomic mass is 10.0. The zero-order valence-corrected chi connectivity index (χ0v) is 11.4. The van der Waals surface area contributed by atoms with Gasteiger partial charge in [-0.3, -0.25) is 4.79 Å². The number of urea groups is 1. The molecule has 1 aromatic rings. The van der Waals surface area contributed by atoms with E-state index >= 15 is 0 Å². The minimum Gasteiger partial charge on any atom is -0.481 e. The summed E-state index contributed by atoms with van der Waals surface area (Å²) in [5, 5.41) is 14.1. The lowest BCUT2D eigenvalue weighted by Crippen LogP contribution is -2.39. The summed E-state index contributed by atoms with van der Waals surface area (Å²) in [5.74, 6) is -0.662.